The number of anilines is 1. The van der Waals surface area contributed by atoms with Crippen molar-refractivity contribution in [3.05, 3.63) is 30.1 Å². The summed E-state index contributed by atoms with van der Waals surface area (Å²) in [7, 11) is 0. The van der Waals surface area contributed by atoms with Crippen molar-refractivity contribution in [3.63, 3.8) is 0 Å². The maximum atomic E-state index is 13.2. The van der Waals surface area contributed by atoms with Gasteiger partial charge in [-0.05, 0) is 32.0 Å². The van der Waals surface area contributed by atoms with Crippen molar-refractivity contribution in [2.24, 2.45) is 0 Å². The molecule has 0 atom stereocenters. The molecule has 0 radical (unpaired) electrons. The summed E-state index contributed by atoms with van der Waals surface area (Å²) in [6.45, 7) is 11.3. The van der Waals surface area contributed by atoms with Crippen molar-refractivity contribution < 1.29 is 8.87 Å². The van der Waals surface area contributed by atoms with Crippen LogP contribution in [0, 0.1) is 5.82 Å². The molecule has 0 aromatic heterocycles. The van der Waals surface area contributed by atoms with Crippen molar-refractivity contribution in [2.45, 2.75) is 13.8 Å². The molecule has 1 heterocycles. The lowest BCUT2D eigenvalue weighted by Gasteiger charge is -2.44. The normalized spacial score (nSPS) is 19.4. The van der Waals surface area contributed by atoms with Gasteiger partial charge < -0.3 is 9.38 Å². The fraction of sp³-hybridized carbons (Fsp3) is 0.571. The van der Waals surface area contributed by atoms with E-state index in [1.54, 1.807) is 12.1 Å². The standard InChI is InChI=1S/C14H22FN2/c1-3-17(4-2)10-8-16(9-11-17)14-7-5-6-13(15)12-14/h5-7,12H,3-4,8-11H2,1-2H3/q+1. The largest absolute Gasteiger partial charge is 0.360 e. The van der Waals surface area contributed by atoms with Crippen molar-refractivity contribution in [1.82, 2.24) is 0 Å². The molecular weight excluding hydrogens is 215 g/mol. The second kappa shape index (κ2) is 5.05. The molecule has 1 aliphatic rings. The molecule has 0 saturated carbocycles. The molecule has 0 aliphatic carbocycles. The maximum Gasteiger partial charge on any atom is 0.125 e. The van der Waals surface area contributed by atoms with E-state index in [-0.39, 0.29) is 5.82 Å². The fourth-order valence-corrected chi connectivity index (χ4v) is 2.68. The van der Waals surface area contributed by atoms with Crippen molar-refractivity contribution >= 4 is 5.69 Å². The van der Waals surface area contributed by atoms with Gasteiger partial charge in [-0.2, -0.15) is 0 Å². The molecule has 0 bridgehead atoms. The number of halogens is 1. The molecule has 2 nitrogen and oxygen atoms in total. The maximum absolute atomic E-state index is 13.2. The van der Waals surface area contributed by atoms with Crippen LogP contribution in [0.25, 0.3) is 0 Å². The van der Waals surface area contributed by atoms with E-state index < -0.39 is 0 Å². The fourth-order valence-electron chi connectivity index (χ4n) is 2.68. The van der Waals surface area contributed by atoms with E-state index in [9.17, 15) is 4.39 Å². The Hall–Kier alpha value is -1.09. The number of piperazine rings is 1. The van der Waals surface area contributed by atoms with Crippen LogP contribution in [0.1, 0.15) is 13.8 Å². The van der Waals surface area contributed by atoms with E-state index in [0.29, 0.717) is 0 Å². The summed E-state index contributed by atoms with van der Waals surface area (Å²) in [5.41, 5.74) is 1.02. The van der Waals surface area contributed by atoms with Gasteiger partial charge in [0.1, 0.15) is 5.82 Å². The third-order valence-electron chi connectivity index (χ3n) is 4.20. The summed E-state index contributed by atoms with van der Waals surface area (Å²) in [5.74, 6) is -0.139. The Balaban J connectivity index is 2.04. The summed E-state index contributed by atoms with van der Waals surface area (Å²) in [6.07, 6.45) is 0. The quantitative estimate of drug-likeness (QED) is 0.730. The molecule has 0 N–H and O–H groups in total. The Kier molecular flexibility index (Phi) is 3.67. The Morgan fingerprint density at radius 3 is 2.35 bits per heavy atom. The number of rotatable bonds is 3. The van der Waals surface area contributed by atoms with Gasteiger partial charge in [-0.25, -0.2) is 4.39 Å². The summed E-state index contributed by atoms with van der Waals surface area (Å²) < 4.78 is 14.4. The van der Waals surface area contributed by atoms with Gasteiger partial charge in [0, 0.05) is 5.69 Å². The number of hydrogen-bond donors (Lipinski definition) is 0. The summed E-state index contributed by atoms with van der Waals surface area (Å²) in [6, 6.07) is 6.94. The molecule has 3 heteroatoms. The topological polar surface area (TPSA) is 3.24 Å². The Bertz CT molecular complexity index is 364. The van der Waals surface area contributed by atoms with Crippen LogP contribution in [0.15, 0.2) is 24.3 Å². The van der Waals surface area contributed by atoms with Gasteiger partial charge in [-0.15, -0.1) is 0 Å². The van der Waals surface area contributed by atoms with Gasteiger partial charge >= 0.3 is 0 Å². The molecule has 1 fully saturated rings. The number of hydrogen-bond acceptors (Lipinski definition) is 1. The van der Waals surface area contributed by atoms with Crippen LogP contribution in [0.2, 0.25) is 0 Å². The third kappa shape index (κ3) is 2.60. The van der Waals surface area contributed by atoms with Crippen LogP contribution in [0.5, 0.6) is 0 Å². The molecule has 94 valence electrons. The smallest absolute Gasteiger partial charge is 0.125 e. The van der Waals surface area contributed by atoms with E-state index in [2.05, 4.69) is 18.7 Å². The van der Waals surface area contributed by atoms with E-state index in [4.69, 9.17) is 0 Å². The first-order chi connectivity index (χ1) is 8.19. The zero-order chi connectivity index (χ0) is 12.3. The zero-order valence-corrected chi connectivity index (χ0v) is 10.8. The molecule has 0 spiro atoms. The number of likely N-dealkylation sites (N-methyl/N-ethyl adjacent to an activating group) is 1. The lowest BCUT2D eigenvalue weighted by Crippen LogP contribution is -2.59. The first-order valence-corrected chi connectivity index (χ1v) is 6.55. The van der Waals surface area contributed by atoms with Gasteiger partial charge in [0.25, 0.3) is 0 Å². The highest BCUT2D eigenvalue weighted by Crippen LogP contribution is 2.20. The zero-order valence-electron chi connectivity index (χ0n) is 10.8. The monoisotopic (exact) mass is 237 g/mol. The molecule has 0 unspecified atom stereocenters. The minimum absolute atomic E-state index is 0.139. The first-order valence-electron chi connectivity index (χ1n) is 6.55. The predicted molar refractivity (Wildman–Crippen MR) is 69.7 cm³/mol. The van der Waals surface area contributed by atoms with Gasteiger partial charge in [0.2, 0.25) is 0 Å². The minimum Gasteiger partial charge on any atom is -0.360 e. The lowest BCUT2D eigenvalue weighted by atomic mass is 10.2. The Morgan fingerprint density at radius 2 is 1.82 bits per heavy atom. The van der Waals surface area contributed by atoms with E-state index >= 15 is 0 Å². The van der Waals surface area contributed by atoms with Crippen LogP contribution in [-0.2, 0) is 0 Å². The highest BCUT2D eigenvalue weighted by Gasteiger charge is 2.29. The molecule has 1 saturated heterocycles. The van der Waals surface area contributed by atoms with Crippen LogP contribution < -0.4 is 4.90 Å². The second-order valence-corrected chi connectivity index (χ2v) is 4.89. The Morgan fingerprint density at radius 1 is 1.18 bits per heavy atom. The summed E-state index contributed by atoms with van der Waals surface area (Å²) >= 11 is 0. The molecule has 17 heavy (non-hydrogen) atoms. The van der Waals surface area contributed by atoms with Crippen LogP contribution in [0.4, 0.5) is 10.1 Å². The number of quaternary nitrogens is 1. The number of nitrogens with zero attached hydrogens (tertiary/aromatic N) is 2. The highest BCUT2D eigenvalue weighted by molar-refractivity contribution is 5.46. The van der Waals surface area contributed by atoms with Crippen LogP contribution in [0.3, 0.4) is 0 Å². The molecule has 0 amide bonds. The summed E-state index contributed by atoms with van der Waals surface area (Å²) in [4.78, 5) is 2.30. The Labute approximate surface area is 103 Å². The molecule has 1 aromatic rings. The summed E-state index contributed by atoms with van der Waals surface area (Å²) in [5, 5.41) is 0. The molecule has 1 aliphatic heterocycles. The van der Waals surface area contributed by atoms with Crippen LogP contribution in [-0.4, -0.2) is 43.8 Å². The average Bonchev–Trinajstić information content (AvgIpc) is 2.39. The minimum atomic E-state index is -0.139. The average molecular weight is 237 g/mol. The van der Waals surface area contributed by atoms with Gasteiger partial charge in [0.15, 0.2) is 0 Å². The first kappa shape index (κ1) is 12.4. The van der Waals surface area contributed by atoms with E-state index in [1.807, 2.05) is 6.07 Å². The van der Waals surface area contributed by atoms with Gasteiger partial charge in [0.05, 0.1) is 39.3 Å². The molecular formula is C14H22FN2+. The number of benzene rings is 1. The lowest BCUT2D eigenvalue weighted by molar-refractivity contribution is -0.925. The van der Waals surface area contributed by atoms with Crippen molar-refractivity contribution in [1.29, 1.82) is 0 Å². The molecule has 1 aromatic carbocycles. The van der Waals surface area contributed by atoms with Crippen molar-refractivity contribution in [2.75, 3.05) is 44.2 Å². The predicted octanol–water partition coefficient (Wildman–Crippen LogP) is 2.50. The van der Waals surface area contributed by atoms with Crippen LogP contribution >= 0.6 is 0 Å². The van der Waals surface area contributed by atoms with Gasteiger partial charge in [-0.3, -0.25) is 0 Å². The van der Waals surface area contributed by atoms with E-state index in [0.717, 1.165) is 18.8 Å². The SMILES string of the molecule is CC[N+]1(CC)CCN(c2cccc(F)c2)CC1. The van der Waals surface area contributed by atoms with Crippen molar-refractivity contribution in [3.8, 4) is 0 Å². The second-order valence-electron chi connectivity index (χ2n) is 4.89. The molecule has 2 rings (SSSR count). The highest BCUT2D eigenvalue weighted by atomic mass is 19.1. The van der Waals surface area contributed by atoms with E-state index in [1.165, 1.54) is 36.7 Å². The van der Waals surface area contributed by atoms with Gasteiger partial charge in [-0.1, -0.05) is 6.07 Å². The third-order valence-corrected chi connectivity index (χ3v) is 4.20.